The number of thioether (sulfide) groups is 1. The van der Waals surface area contributed by atoms with Crippen molar-refractivity contribution in [1.29, 1.82) is 0 Å². The Bertz CT molecular complexity index is 305. The highest BCUT2D eigenvalue weighted by Crippen LogP contribution is 2.39. The maximum atomic E-state index is 3.96. The van der Waals surface area contributed by atoms with Crippen LogP contribution >= 0.6 is 11.8 Å². The van der Waals surface area contributed by atoms with Crippen LogP contribution in [0.5, 0.6) is 0 Å². The van der Waals surface area contributed by atoms with Gasteiger partial charge in [0, 0.05) is 29.6 Å². The van der Waals surface area contributed by atoms with Gasteiger partial charge in [0.05, 0.1) is 0 Å². The summed E-state index contributed by atoms with van der Waals surface area (Å²) in [4.78, 5) is 2.60. The van der Waals surface area contributed by atoms with Gasteiger partial charge in [-0.25, -0.2) is 0 Å². The van der Waals surface area contributed by atoms with Crippen LogP contribution in [0.15, 0.2) is 25.3 Å². The first kappa shape index (κ1) is 20.8. The van der Waals surface area contributed by atoms with Gasteiger partial charge in [-0.3, -0.25) is 4.90 Å². The van der Waals surface area contributed by atoms with Crippen LogP contribution in [-0.2, 0) is 0 Å². The molecule has 0 N–H and O–H groups in total. The van der Waals surface area contributed by atoms with E-state index in [1.165, 1.54) is 64.2 Å². The molecule has 1 aliphatic rings. The van der Waals surface area contributed by atoms with Crippen LogP contribution in [-0.4, -0.2) is 34.5 Å². The smallest absolute Gasteiger partial charge is 0.0221 e. The highest BCUT2D eigenvalue weighted by molar-refractivity contribution is 8.00. The Kier molecular flexibility index (Phi) is 11.9. The molecule has 0 amide bonds. The van der Waals surface area contributed by atoms with E-state index in [1.54, 1.807) is 0 Å². The topological polar surface area (TPSA) is 3.24 Å². The van der Waals surface area contributed by atoms with Crippen LogP contribution < -0.4 is 0 Å². The largest absolute Gasteiger partial charge is 0.292 e. The normalized spacial score (nSPS) is 24.7. The molecule has 0 spiro atoms. The second-order valence-electron chi connectivity index (χ2n) is 6.96. The fourth-order valence-corrected chi connectivity index (χ4v) is 5.60. The van der Waals surface area contributed by atoms with Crippen molar-refractivity contribution in [3.63, 3.8) is 0 Å². The molecule has 1 aliphatic heterocycles. The second kappa shape index (κ2) is 13.1. The highest BCUT2D eigenvalue weighted by Gasteiger charge is 2.33. The number of hydrogen-bond acceptors (Lipinski definition) is 2. The van der Waals surface area contributed by atoms with Crippen molar-refractivity contribution in [3.05, 3.63) is 25.3 Å². The van der Waals surface area contributed by atoms with Crippen molar-refractivity contribution in [2.24, 2.45) is 0 Å². The highest BCUT2D eigenvalue weighted by atomic mass is 32.2. The summed E-state index contributed by atoms with van der Waals surface area (Å²) >= 11 is 2.31. The number of rotatable bonds is 13. The zero-order valence-electron chi connectivity index (χ0n) is 15.6. The lowest BCUT2D eigenvalue weighted by molar-refractivity contribution is 0.207. The first-order valence-corrected chi connectivity index (χ1v) is 10.8. The molecule has 134 valence electrons. The Morgan fingerprint density at radius 1 is 0.913 bits per heavy atom. The fraction of sp³-hybridized carbons (Fsp3) is 0.810. The predicted octanol–water partition coefficient (Wildman–Crippen LogP) is 6.45. The lowest BCUT2D eigenvalue weighted by atomic mass is 9.97. The molecule has 0 bridgehead atoms. The minimum Gasteiger partial charge on any atom is -0.292 e. The van der Waals surface area contributed by atoms with E-state index in [0.29, 0.717) is 0 Å². The van der Waals surface area contributed by atoms with Gasteiger partial charge >= 0.3 is 0 Å². The van der Waals surface area contributed by atoms with Gasteiger partial charge in [-0.15, -0.1) is 13.2 Å². The number of hydrogen-bond donors (Lipinski definition) is 0. The van der Waals surface area contributed by atoms with Crippen molar-refractivity contribution in [1.82, 2.24) is 4.90 Å². The number of nitrogens with zero attached hydrogens (tertiary/aromatic N) is 1. The molecule has 0 radical (unpaired) electrons. The monoisotopic (exact) mass is 337 g/mol. The molecule has 1 fully saturated rings. The molecule has 3 unspecified atom stereocenters. The molecule has 3 atom stereocenters. The Morgan fingerprint density at radius 2 is 1.52 bits per heavy atom. The summed E-state index contributed by atoms with van der Waals surface area (Å²) in [6.07, 6.45) is 18.0. The Balaban J connectivity index is 2.62. The third-order valence-corrected chi connectivity index (χ3v) is 6.75. The van der Waals surface area contributed by atoms with E-state index in [2.05, 4.69) is 55.8 Å². The van der Waals surface area contributed by atoms with Crippen LogP contribution in [0.3, 0.4) is 0 Å². The van der Waals surface area contributed by atoms with Gasteiger partial charge in [0.15, 0.2) is 0 Å². The molecule has 1 saturated heterocycles. The molecule has 0 aromatic heterocycles. The van der Waals surface area contributed by atoms with E-state index in [4.69, 9.17) is 0 Å². The SMILES string of the molecule is C=CCN(CC=C)C1CCC(CCCCC)SC1CCCCC. The quantitative estimate of drug-likeness (QED) is 0.280. The summed E-state index contributed by atoms with van der Waals surface area (Å²) in [5.41, 5.74) is 0. The molecule has 0 aliphatic carbocycles. The molecule has 1 heterocycles. The van der Waals surface area contributed by atoms with Gasteiger partial charge in [-0.1, -0.05) is 64.5 Å². The maximum Gasteiger partial charge on any atom is 0.0221 e. The summed E-state index contributed by atoms with van der Waals surface area (Å²) in [5, 5.41) is 1.71. The van der Waals surface area contributed by atoms with Gasteiger partial charge in [0.2, 0.25) is 0 Å². The first-order valence-electron chi connectivity index (χ1n) is 9.88. The molecule has 0 saturated carbocycles. The minimum absolute atomic E-state index is 0.718. The van der Waals surface area contributed by atoms with Crippen molar-refractivity contribution in [3.8, 4) is 0 Å². The van der Waals surface area contributed by atoms with E-state index < -0.39 is 0 Å². The average Bonchev–Trinajstić information content (AvgIpc) is 2.55. The van der Waals surface area contributed by atoms with Crippen molar-refractivity contribution >= 4 is 11.8 Å². The lowest BCUT2D eigenvalue weighted by Gasteiger charge is -2.42. The molecule has 1 nitrogen and oxygen atoms in total. The summed E-state index contributed by atoms with van der Waals surface area (Å²) in [6, 6.07) is 0.718. The summed E-state index contributed by atoms with van der Waals surface area (Å²) in [5.74, 6) is 0. The minimum atomic E-state index is 0.718. The van der Waals surface area contributed by atoms with Gasteiger partial charge < -0.3 is 0 Å². The number of unbranched alkanes of at least 4 members (excludes halogenated alkanes) is 4. The van der Waals surface area contributed by atoms with E-state index in [9.17, 15) is 0 Å². The fourth-order valence-electron chi connectivity index (χ4n) is 3.73. The Labute approximate surface area is 150 Å². The summed E-state index contributed by atoms with van der Waals surface area (Å²) < 4.78 is 0. The van der Waals surface area contributed by atoms with Crippen LogP contribution in [0.4, 0.5) is 0 Å². The van der Waals surface area contributed by atoms with Crippen molar-refractivity contribution < 1.29 is 0 Å². The van der Waals surface area contributed by atoms with Crippen molar-refractivity contribution in [2.45, 2.75) is 94.6 Å². The molecular weight excluding hydrogens is 298 g/mol. The van der Waals surface area contributed by atoms with Crippen LogP contribution in [0.1, 0.15) is 78.1 Å². The van der Waals surface area contributed by atoms with Gasteiger partial charge in [-0.05, 0) is 25.7 Å². The second-order valence-corrected chi connectivity index (χ2v) is 8.51. The predicted molar refractivity (Wildman–Crippen MR) is 108 cm³/mol. The van der Waals surface area contributed by atoms with Gasteiger partial charge in [-0.2, -0.15) is 11.8 Å². The van der Waals surface area contributed by atoms with Gasteiger partial charge in [0.1, 0.15) is 0 Å². The first-order chi connectivity index (χ1) is 11.3. The summed E-state index contributed by atoms with van der Waals surface area (Å²) in [7, 11) is 0. The maximum absolute atomic E-state index is 3.96. The molecule has 23 heavy (non-hydrogen) atoms. The average molecular weight is 338 g/mol. The molecular formula is C21H39NS. The third-order valence-electron chi connectivity index (χ3n) is 5.00. The zero-order valence-corrected chi connectivity index (χ0v) is 16.5. The van der Waals surface area contributed by atoms with Crippen molar-refractivity contribution in [2.75, 3.05) is 13.1 Å². The zero-order chi connectivity index (χ0) is 16.9. The van der Waals surface area contributed by atoms with E-state index in [-0.39, 0.29) is 0 Å². The summed E-state index contributed by atoms with van der Waals surface area (Å²) in [6.45, 7) is 14.5. The van der Waals surface area contributed by atoms with Crippen LogP contribution in [0.2, 0.25) is 0 Å². The third kappa shape index (κ3) is 7.94. The Hall–Kier alpha value is -0.210. The molecule has 2 heteroatoms. The van der Waals surface area contributed by atoms with E-state index >= 15 is 0 Å². The van der Waals surface area contributed by atoms with Gasteiger partial charge in [0.25, 0.3) is 0 Å². The molecule has 0 aromatic carbocycles. The van der Waals surface area contributed by atoms with Crippen LogP contribution in [0.25, 0.3) is 0 Å². The Morgan fingerprint density at radius 3 is 2.09 bits per heavy atom. The van der Waals surface area contributed by atoms with Crippen LogP contribution in [0, 0.1) is 0 Å². The van der Waals surface area contributed by atoms with E-state index in [0.717, 1.165) is 29.6 Å². The molecule has 1 rings (SSSR count). The standard InChI is InChI=1S/C21H39NS/c1-5-9-11-13-19-15-16-20(22(17-7-3)18-8-4)21(23-19)14-12-10-6-2/h7-8,19-21H,3-6,9-18H2,1-2H3. The van der Waals surface area contributed by atoms with E-state index in [1.807, 2.05) is 0 Å². The molecule has 0 aromatic rings. The lowest BCUT2D eigenvalue weighted by Crippen LogP contribution is -2.46.